The Morgan fingerprint density at radius 2 is 1.79 bits per heavy atom. The lowest BCUT2D eigenvalue weighted by Crippen LogP contribution is -2.48. The quantitative estimate of drug-likeness (QED) is 0.237. The molecule has 6 nitrogen and oxygen atoms in total. The smallest absolute Gasteiger partial charge is 0.191 e. The Bertz CT molecular complexity index is 1010. The largest absolute Gasteiger partial charge is 0.357 e. The number of hydrogen-bond acceptors (Lipinski definition) is 3. The molecule has 0 aliphatic carbocycles. The molecule has 1 fully saturated rings. The molecule has 0 bridgehead atoms. The summed E-state index contributed by atoms with van der Waals surface area (Å²) in [6.45, 7) is 6.77. The number of aliphatic imine (C=N–C) groups is 1. The molecule has 8 heteroatoms. The minimum Gasteiger partial charge on any atom is -0.357 e. The van der Waals surface area contributed by atoms with Crippen molar-refractivity contribution in [2.45, 2.75) is 38.8 Å². The highest BCUT2D eigenvalue weighted by molar-refractivity contribution is 14.0. The molecule has 0 amide bonds. The summed E-state index contributed by atoms with van der Waals surface area (Å²) in [5.74, 6) is 0.628. The number of rotatable bonds is 8. The molecule has 3 aromatic rings. The predicted molar refractivity (Wildman–Crippen MR) is 146 cm³/mol. The van der Waals surface area contributed by atoms with Gasteiger partial charge >= 0.3 is 0 Å². The van der Waals surface area contributed by atoms with Gasteiger partial charge in [0.1, 0.15) is 5.82 Å². The fraction of sp³-hybridized carbons (Fsp3) is 0.385. The van der Waals surface area contributed by atoms with Crippen LogP contribution < -0.4 is 10.6 Å². The van der Waals surface area contributed by atoms with Crippen LogP contribution in [0, 0.1) is 5.82 Å². The Labute approximate surface area is 218 Å². The van der Waals surface area contributed by atoms with Crippen molar-refractivity contribution >= 4 is 29.9 Å². The van der Waals surface area contributed by atoms with Crippen molar-refractivity contribution in [1.29, 1.82) is 0 Å². The second-order valence-corrected chi connectivity index (χ2v) is 8.42. The van der Waals surface area contributed by atoms with Crippen LogP contribution in [0.15, 0.2) is 71.9 Å². The summed E-state index contributed by atoms with van der Waals surface area (Å²) >= 11 is 0. The molecule has 2 heterocycles. The number of benzene rings is 2. The first-order valence-electron chi connectivity index (χ1n) is 11.8. The molecule has 1 aliphatic heterocycles. The van der Waals surface area contributed by atoms with Gasteiger partial charge in [-0.05, 0) is 55.7 Å². The summed E-state index contributed by atoms with van der Waals surface area (Å²) in [6.07, 6.45) is 4.87. The van der Waals surface area contributed by atoms with E-state index in [1.54, 1.807) is 16.8 Å². The van der Waals surface area contributed by atoms with Gasteiger partial charge in [0, 0.05) is 51.4 Å². The summed E-state index contributed by atoms with van der Waals surface area (Å²) in [6, 6.07) is 19.4. The van der Waals surface area contributed by atoms with Gasteiger partial charge in [-0.1, -0.05) is 30.3 Å². The molecule has 2 N–H and O–H groups in total. The molecule has 0 unspecified atom stereocenters. The van der Waals surface area contributed by atoms with Crippen LogP contribution >= 0.6 is 24.0 Å². The standard InChI is InChI=1S/C26H33FN6.HI/c1-2-28-26(30-23-13-17-32(18-14-23)20-21-6-4-3-5-7-21)29-16-12-24-15-19-33(31-24)25-10-8-22(27)9-11-25;/h3-11,15,19,23H,2,12-14,16-18,20H2,1H3,(H2,28,29,30);1H. The number of halogens is 2. The van der Waals surface area contributed by atoms with E-state index < -0.39 is 0 Å². The van der Waals surface area contributed by atoms with Gasteiger partial charge in [0.2, 0.25) is 0 Å². The Balaban J connectivity index is 0.00000324. The number of guanidine groups is 1. The highest BCUT2D eigenvalue weighted by Gasteiger charge is 2.20. The van der Waals surface area contributed by atoms with Crippen molar-refractivity contribution < 1.29 is 4.39 Å². The number of piperidine rings is 1. The van der Waals surface area contributed by atoms with Gasteiger partial charge in [-0.2, -0.15) is 5.10 Å². The van der Waals surface area contributed by atoms with Crippen LogP contribution in [0.1, 0.15) is 31.0 Å². The van der Waals surface area contributed by atoms with Crippen molar-refractivity contribution in [3.8, 4) is 5.69 Å². The molecule has 0 saturated carbocycles. The van der Waals surface area contributed by atoms with Crippen LogP contribution in [0.2, 0.25) is 0 Å². The zero-order valence-corrected chi connectivity index (χ0v) is 22.0. The van der Waals surface area contributed by atoms with Crippen molar-refractivity contribution in [2.75, 3.05) is 26.2 Å². The molecule has 1 aliphatic rings. The Kier molecular flexibility index (Phi) is 10.3. The van der Waals surface area contributed by atoms with Crippen molar-refractivity contribution in [1.82, 2.24) is 25.3 Å². The van der Waals surface area contributed by atoms with Gasteiger partial charge in [-0.15, -0.1) is 24.0 Å². The third-order valence-corrected chi connectivity index (χ3v) is 5.89. The summed E-state index contributed by atoms with van der Waals surface area (Å²) in [7, 11) is 0. The average molecular weight is 577 g/mol. The number of likely N-dealkylation sites (tertiary alicyclic amines) is 1. The van der Waals surface area contributed by atoms with E-state index in [4.69, 9.17) is 4.99 Å². The third-order valence-electron chi connectivity index (χ3n) is 5.89. The minimum atomic E-state index is -0.245. The molecule has 182 valence electrons. The van der Waals surface area contributed by atoms with E-state index in [1.165, 1.54) is 17.7 Å². The topological polar surface area (TPSA) is 57.5 Å². The number of hydrogen-bond donors (Lipinski definition) is 2. The number of aromatic nitrogens is 2. The van der Waals surface area contributed by atoms with Crippen molar-refractivity contribution in [2.24, 2.45) is 4.99 Å². The molecule has 34 heavy (non-hydrogen) atoms. The van der Waals surface area contributed by atoms with Crippen LogP contribution in [0.25, 0.3) is 5.69 Å². The highest BCUT2D eigenvalue weighted by Crippen LogP contribution is 2.14. The van der Waals surface area contributed by atoms with Gasteiger partial charge < -0.3 is 10.6 Å². The fourth-order valence-electron chi connectivity index (χ4n) is 4.11. The summed E-state index contributed by atoms with van der Waals surface area (Å²) in [5.41, 5.74) is 3.19. The maximum absolute atomic E-state index is 13.1. The predicted octanol–water partition coefficient (Wildman–Crippen LogP) is 4.39. The van der Waals surface area contributed by atoms with E-state index in [1.807, 2.05) is 12.3 Å². The maximum Gasteiger partial charge on any atom is 0.191 e. The van der Waals surface area contributed by atoms with Gasteiger partial charge in [-0.3, -0.25) is 9.89 Å². The number of nitrogens with one attached hydrogen (secondary N) is 2. The highest BCUT2D eigenvalue weighted by atomic mass is 127. The van der Waals surface area contributed by atoms with Gasteiger partial charge in [0.15, 0.2) is 5.96 Å². The summed E-state index contributed by atoms with van der Waals surface area (Å²) < 4.78 is 14.9. The molecule has 0 radical (unpaired) electrons. The first-order chi connectivity index (χ1) is 16.2. The van der Waals surface area contributed by atoms with Crippen LogP contribution in [-0.4, -0.2) is 52.9 Å². The molecule has 2 aromatic carbocycles. The Morgan fingerprint density at radius 1 is 1.06 bits per heavy atom. The Hall–Kier alpha value is -2.46. The Morgan fingerprint density at radius 3 is 2.50 bits per heavy atom. The first kappa shape index (κ1) is 26.2. The molecular formula is C26H34FIN6. The second kappa shape index (κ2) is 13.4. The molecule has 1 aromatic heterocycles. The van der Waals surface area contributed by atoms with Crippen LogP contribution in [-0.2, 0) is 13.0 Å². The normalized spacial score (nSPS) is 15.1. The first-order valence-corrected chi connectivity index (χ1v) is 11.8. The third kappa shape index (κ3) is 7.80. The van der Waals surface area contributed by atoms with Crippen LogP contribution in [0.4, 0.5) is 4.39 Å². The SMILES string of the molecule is CCNC(=NCCc1ccn(-c2ccc(F)cc2)n1)NC1CCN(Cc2ccccc2)CC1.I. The van der Waals surface area contributed by atoms with E-state index >= 15 is 0 Å². The molecule has 1 saturated heterocycles. The lowest BCUT2D eigenvalue weighted by Gasteiger charge is -2.33. The lowest BCUT2D eigenvalue weighted by atomic mass is 10.0. The van der Waals surface area contributed by atoms with E-state index in [9.17, 15) is 4.39 Å². The van der Waals surface area contributed by atoms with Gasteiger partial charge in [-0.25, -0.2) is 9.07 Å². The number of nitrogens with zero attached hydrogens (tertiary/aromatic N) is 4. The molecular weight excluding hydrogens is 542 g/mol. The van der Waals surface area contributed by atoms with Gasteiger partial charge in [0.25, 0.3) is 0 Å². The molecule has 0 spiro atoms. The van der Waals surface area contributed by atoms with E-state index in [-0.39, 0.29) is 29.8 Å². The lowest BCUT2D eigenvalue weighted by molar-refractivity contribution is 0.198. The van der Waals surface area contributed by atoms with Crippen LogP contribution in [0.3, 0.4) is 0 Å². The maximum atomic E-state index is 13.1. The van der Waals surface area contributed by atoms with E-state index in [2.05, 4.69) is 57.9 Å². The minimum absolute atomic E-state index is 0. The zero-order valence-electron chi connectivity index (χ0n) is 19.7. The zero-order chi connectivity index (χ0) is 22.9. The van der Waals surface area contributed by atoms with Crippen molar-refractivity contribution in [3.63, 3.8) is 0 Å². The second-order valence-electron chi connectivity index (χ2n) is 8.42. The van der Waals surface area contributed by atoms with Gasteiger partial charge in [0.05, 0.1) is 11.4 Å². The van der Waals surface area contributed by atoms with E-state index in [0.29, 0.717) is 12.6 Å². The summed E-state index contributed by atoms with van der Waals surface area (Å²) in [4.78, 5) is 7.29. The fourth-order valence-corrected chi connectivity index (χ4v) is 4.11. The van der Waals surface area contributed by atoms with E-state index in [0.717, 1.165) is 62.8 Å². The van der Waals surface area contributed by atoms with Crippen LogP contribution in [0.5, 0.6) is 0 Å². The average Bonchev–Trinajstić information content (AvgIpc) is 3.30. The summed E-state index contributed by atoms with van der Waals surface area (Å²) in [5, 5.41) is 11.6. The molecule has 0 atom stereocenters. The molecule has 4 rings (SSSR count). The van der Waals surface area contributed by atoms with Crippen molar-refractivity contribution in [3.05, 3.63) is 83.9 Å². The monoisotopic (exact) mass is 576 g/mol.